The Balaban J connectivity index is 2.02. The normalized spacial score (nSPS) is 11.6. The molecule has 0 unspecified atom stereocenters. The van der Waals surface area contributed by atoms with Gasteiger partial charge in [-0.25, -0.2) is 22.8 Å². The summed E-state index contributed by atoms with van der Waals surface area (Å²) < 4.78 is 37.8. The SMILES string of the molecule is CC(C)c1nccc(NCCS(=O)(=O)c2ccccc2F)n1. The molecule has 0 atom stereocenters. The summed E-state index contributed by atoms with van der Waals surface area (Å²) in [5.74, 6) is 0.481. The number of nitrogens with one attached hydrogen (secondary N) is 1. The van der Waals surface area contributed by atoms with Crippen LogP contribution < -0.4 is 5.32 Å². The van der Waals surface area contributed by atoms with Gasteiger partial charge >= 0.3 is 0 Å². The van der Waals surface area contributed by atoms with Crippen LogP contribution in [0.25, 0.3) is 0 Å². The van der Waals surface area contributed by atoms with E-state index in [1.54, 1.807) is 12.3 Å². The summed E-state index contributed by atoms with van der Waals surface area (Å²) >= 11 is 0. The highest BCUT2D eigenvalue weighted by molar-refractivity contribution is 7.91. The van der Waals surface area contributed by atoms with E-state index in [1.165, 1.54) is 18.2 Å². The van der Waals surface area contributed by atoms with Crippen LogP contribution in [0, 0.1) is 5.82 Å². The fraction of sp³-hybridized carbons (Fsp3) is 0.333. The van der Waals surface area contributed by atoms with Crippen molar-refractivity contribution in [2.24, 2.45) is 0 Å². The zero-order valence-corrected chi connectivity index (χ0v) is 13.3. The molecule has 1 heterocycles. The Labute approximate surface area is 129 Å². The zero-order chi connectivity index (χ0) is 16.2. The molecule has 0 saturated heterocycles. The van der Waals surface area contributed by atoms with Gasteiger partial charge in [-0.2, -0.15) is 0 Å². The predicted molar refractivity (Wildman–Crippen MR) is 83.1 cm³/mol. The molecular formula is C15H18FN3O2S. The van der Waals surface area contributed by atoms with E-state index in [0.29, 0.717) is 11.6 Å². The number of anilines is 1. The smallest absolute Gasteiger partial charge is 0.182 e. The molecule has 118 valence electrons. The number of benzene rings is 1. The van der Waals surface area contributed by atoms with Crippen LogP contribution in [-0.2, 0) is 9.84 Å². The first kappa shape index (κ1) is 16.4. The zero-order valence-electron chi connectivity index (χ0n) is 12.5. The summed E-state index contributed by atoms with van der Waals surface area (Å²) in [5.41, 5.74) is 0. The van der Waals surface area contributed by atoms with Gasteiger partial charge in [-0.3, -0.25) is 0 Å². The molecule has 0 fully saturated rings. The van der Waals surface area contributed by atoms with Crippen LogP contribution in [0.3, 0.4) is 0 Å². The molecule has 7 heteroatoms. The van der Waals surface area contributed by atoms with E-state index in [4.69, 9.17) is 0 Å². The molecule has 1 N–H and O–H groups in total. The lowest BCUT2D eigenvalue weighted by molar-refractivity contribution is 0.567. The van der Waals surface area contributed by atoms with Gasteiger partial charge in [-0.15, -0.1) is 0 Å². The molecule has 0 radical (unpaired) electrons. The number of rotatable bonds is 6. The van der Waals surface area contributed by atoms with Crippen LogP contribution >= 0.6 is 0 Å². The molecule has 0 amide bonds. The monoisotopic (exact) mass is 323 g/mol. The highest BCUT2D eigenvalue weighted by Gasteiger charge is 2.18. The minimum atomic E-state index is -3.67. The second kappa shape index (κ2) is 6.83. The van der Waals surface area contributed by atoms with Gasteiger partial charge in [-0.05, 0) is 18.2 Å². The maximum absolute atomic E-state index is 13.6. The standard InChI is InChI=1S/C15H18FN3O2S/c1-11(2)15-18-8-7-14(19-15)17-9-10-22(20,21)13-6-4-3-5-12(13)16/h3-8,11H,9-10H2,1-2H3,(H,17,18,19). The average Bonchev–Trinajstić information content (AvgIpc) is 2.47. The Kier molecular flexibility index (Phi) is 5.07. The largest absolute Gasteiger partial charge is 0.369 e. The molecule has 1 aromatic heterocycles. The number of nitrogens with zero attached hydrogens (tertiary/aromatic N) is 2. The van der Waals surface area contributed by atoms with E-state index in [0.717, 1.165) is 6.07 Å². The minimum Gasteiger partial charge on any atom is -0.369 e. The van der Waals surface area contributed by atoms with Gasteiger partial charge < -0.3 is 5.32 Å². The third-order valence-electron chi connectivity index (χ3n) is 3.04. The molecule has 0 aliphatic rings. The highest BCUT2D eigenvalue weighted by atomic mass is 32.2. The van der Waals surface area contributed by atoms with Gasteiger partial charge in [0, 0.05) is 18.7 Å². The Hall–Kier alpha value is -2.02. The lowest BCUT2D eigenvalue weighted by Gasteiger charge is -2.09. The van der Waals surface area contributed by atoms with Crippen molar-refractivity contribution in [2.75, 3.05) is 17.6 Å². The van der Waals surface area contributed by atoms with Gasteiger partial charge in [0.1, 0.15) is 22.4 Å². The average molecular weight is 323 g/mol. The number of halogens is 1. The number of hydrogen-bond donors (Lipinski definition) is 1. The summed E-state index contributed by atoms with van der Waals surface area (Å²) in [6, 6.07) is 7.04. The van der Waals surface area contributed by atoms with Crippen molar-refractivity contribution in [1.82, 2.24) is 9.97 Å². The number of sulfone groups is 1. The summed E-state index contributed by atoms with van der Waals surface area (Å²) in [6.07, 6.45) is 1.62. The van der Waals surface area contributed by atoms with E-state index in [9.17, 15) is 12.8 Å². The van der Waals surface area contributed by atoms with Gasteiger partial charge in [-0.1, -0.05) is 26.0 Å². The molecule has 22 heavy (non-hydrogen) atoms. The van der Waals surface area contributed by atoms with Crippen molar-refractivity contribution in [1.29, 1.82) is 0 Å². The highest BCUT2D eigenvalue weighted by Crippen LogP contribution is 2.15. The number of hydrogen-bond acceptors (Lipinski definition) is 5. The topological polar surface area (TPSA) is 72.0 Å². The summed E-state index contributed by atoms with van der Waals surface area (Å²) in [4.78, 5) is 8.15. The van der Waals surface area contributed by atoms with E-state index < -0.39 is 15.7 Å². The first-order chi connectivity index (χ1) is 10.4. The van der Waals surface area contributed by atoms with Crippen LogP contribution in [0.2, 0.25) is 0 Å². The van der Waals surface area contributed by atoms with Crippen molar-refractivity contribution in [3.63, 3.8) is 0 Å². The van der Waals surface area contributed by atoms with Crippen LogP contribution in [0.15, 0.2) is 41.4 Å². The third-order valence-corrected chi connectivity index (χ3v) is 4.78. The molecule has 0 bridgehead atoms. The van der Waals surface area contributed by atoms with Gasteiger partial charge in [0.25, 0.3) is 0 Å². The van der Waals surface area contributed by atoms with Crippen molar-refractivity contribution in [2.45, 2.75) is 24.7 Å². The Bertz CT molecular complexity index is 748. The molecule has 0 spiro atoms. The molecular weight excluding hydrogens is 305 g/mol. The summed E-state index contributed by atoms with van der Waals surface area (Å²) in [7, 11) is -3.67. The maximum atomic E-state index is 13.6. The van der Waals surface area contributed by atoms with E-state index in [2.05, 4.69) is 15.3 Å². The Morgan fingerprint density at radius 2 is 1.95 bits per heavy atom. The molecule has 1 aromatic carbocycles. The lowest BCUT2D eigenvalue weighted by atomic mass is 10.2. The van der Waals surface area contributed by atoms with Crippen LogP contribution in [0.4, 0.5) is 10.2 Å². The van der Waals surface area contributed by atoms with Crippen LogP contribution in [0.1, 0.15) is 25.6 Å². The second-order valence-electron chi connectivity index (χ2n) is 5.13. The molecule has 2 aromatic rings. The van der Waals surface area contributed by atoms with E-state index in [-0.39, 0.29) is 23.1 Å². The molecule has 2 rings (SSSR count). The van der Waals surface area contributed by atoms with Gasteiger partial charge in [0.2, 0.25) is 0 Å². The quantitative estimate of drug-likeness (QED) is 0.885. The second-order valence-corrected chi connectivity index (χ2v) is 7.21. The first-order valence-electron chi connectivity index (χ1n) is 6.94. The Morgan fingerprint density at radius 1 is 1.23 bits per heavy atom. The molecule has 5 nitrogen and oxygen atoms in total. The lowest BCUT2D eigenvalue weighted by Crippen LogP contribution is -2.17. The minimum absolute atomic E-state index is 0.144. The van der Waals surface area contributed by atoms with Crippen molar-refractivity contribution in [3.05, 3.63) is 48.2 Å². The summed E-state index contributed by atoms with van der Waals surface area (Å²) in [6.45, 7) is 4.09. The van der Waals surface area contributed by atoms with Crippen LogP contribution in [0.5, 0.6) is 0 Å². The van der Waals surface area contributed by atoms with Crippen molar-refractivity contribution < 1.29 is 12.8 Å². The van der Waals surface area contributed by atoms with E-state index in [1.807, 2.05) is 13.8 Å². The van der Waals surface area contributed by atoms with Gasteiger partial charge in [0.15, 0.2) is 9.84 Å². The fourth-order valence-electron chi connectivity index (χ4n) is 1.87. The van der Waals surface area contributed by atoms with Crippen molar-refractivity contribution >= 4 is 15.7 Å². The van der Waals surface area contributed by atoms with E-state index >= 15 is 0 Å². The number of aromatic nitrogens is 2. The molecule has 0 aliphatic heterocycles. The molecule has 0 saturated carbocycles. The maximum Gasteiger partial charge on any atom is 0.182 e. The Morgan fingerprint density at radius 3 is 2.64 bits per heavy atom. The third kappa shape index (κ3) is 4.00. The first-order valence-corrected chi connectivity index (χ1v) is 8.59. The summed E-state index contributed by atoms with van der Waals surface area (Å²) in [5, 5.41) is 2.93. The van der Waals surface area contributed by atoms with Crippen molar-refractivity contribution in [3.8, 4) is 0 Å². The van der Waals surface area contributed by atoms with Crippen LogP contribution in [-0.4, -0.2) is 30.7 Å². The fourth-order valence-corrected chi connectivity index (χ4v) is 3.11. The predicted octanol–water partition coefficient (Wildman–Crippen LogP) is 2.62. The van der Waals surface area contributed by atoms with Gasteiger partial charge in [0.05, 0.1) is 5.75 Å². The molecule has 0 aliphatic carbocycles.